The molecule has 0 saturated carbocycles. The van der Waals surface area contributed by atoms with Gasteiger partial charge in [0.2, 0.25) is 0 Å². The van der Waals surface area contributed by atoms with Gasteiger partial charge in [-0.25, -0.2) is 9.37 Å². The van der Waals surface area contributed by atoms with Crippen LogP contribution in [-0.4, -0.2) is 22.8 Å². The number of aromatic nitrogens is 1. The Morgan fingerprint density at radius 1 is 1.25 bits per heavy atom. The molecule has 0 bridgehead atoms. The summed E-state index contributed by atoms with van der Waals surface area (Å²) in [5, 5.41) is 0.277. The predicted octanol–water partition coefficient (Wildman–Crippen LogP) is 3.71. The van der Waals surface area contributed by atoms with Gasteiger partial charge < -0.3 is 4.90 Å². The minimum Gasteiger partial charge on any atom is -0.334 e. The molecule has 1 heterocycles. The molecule has 0 spiro atoms. The van der Waals surface area contributed by atoms with E-state index in [2.05, 4.69) is 4.98 Å². The Balaban J connectivity index is 2.20. The molecule has 2 rings (SSSR count). The van der Waals surface area contributed by atoms with Crippen molar-refractivity contribution in [3.05, 3.63) is 64.7 Å². The number of carbonyl (C=O) groups excluding carboxylic acids is 1. The zero-order chi connectivity index (χ0) is 14.7. The van der Waals surface area contributed by atoms with Gasteiger partial charge in [0.25, 0.3) is 5.91 Å². The lowest BCUT2D eigenvalue weighted by molar-refractivity contribution is 0.0736. The van der Waals surface area contributed by atoms with Crippen molar-refractivity contribution in [1.82, 2.24) is 9.88 Å². The molecule has 0 radical (unpaired) electrons. The third-order valence-corrected chi connectivity index (χ3v) is 3.40. The van der Waals surface area contributed by atoms with Crippen LogP contribution < -0.4 is 0 Å². The van der Waals surface area contributed by atoms with Crippen molar-refractivity contribution in [3.63, 3.8) is 0 Å². The van der Waals surface area contributed by atoms with Crippen molar-refractivity contribution in [2.45, 2.75) is 13.0 Å². The number of pyridine rings is 1. The molecular weight excluding hydrogens is 279 g/mol. The third kappa shape index (κ3) is 3.14. The summed E-state index contributed by atoms with van der Waals surface area (Å²) in [5.41, 5.74) is 1.14. The standard InChI is InChI=1S/C15H14ClFN2O/c1-10(11-6-8-12(17)9-7-11)19(2)15(20)13-4-3-5-14(16)18-13/h3-10H,1-2H3. The Labute approximate surface area is 122 Å². The second-order valence-electron chi connectivity index (χ2n) is 4.49. The summed E-state index contributed by atoms with van der Waals surface area (Å²) in [4.78, 5) is 17.9. The highest BCUT2D eigenvalue weighted by molar-refractivity contribution is 6.29. The van der Waals surface area contributed by atoms with E-state index in [1.807, 2.05) is 6.92 Å². The Morgan fingerprint density at radius 3 is 2.50 bits per heavy atom. The van der Waals surface area contributed by atoms with Crippen LogP contribution in [0.15, 0.2) is 42.5 Å². The second-order valence-corrected chi connectivity index (χ2v) is 4.88. The molecule has 0 aliphatic carbocycles. The summed E-state index contributed by atoms with van der Waals surface area (Å²) in [6.45, 7) is 1.87. The molecule has 1 amide bonds. The number of hydrogen-bond acceptors (Lipinski definition) is 2. The first kappa shape index (κ1) is 14.5. The quantitative estimate of drug-likeness (QED) is 0.808. The predicted molar refractivity (Wildman–Crippen MR) is 76.2 cm³/mol. The number of nitrogens with zero attached hydrogens (tertiary/aromatic N) is 2. The first-order valence-corrected chi connectivity index (χ1v) is 6.52. The number of rotatable bonds is 3. The maximum Gasteiger partial charge on any atom is 0.272 e. The first-order chi connectivity index (χ1) is 9.49. The maximum atomic E-state index is 12.9. The third-order valence-electron chi connectivity index (χ3n) is 3.19. The number of carbonyl (C=O) groups is 1. The van der Waals surface area contributed by atoms with Crippen LogP contribution in [-0.2, 0) is 0 Å². The Bertz CT molecular complexity index is 616. The average molecular weight is 293 g/mol. The molecule has 0 N–H and O–H groups in total. The van der Waals surface area contributed by atoms with E-state index in [-0.39, 0.29) is 28.6 Å². The Morgan fingerprint density at radius 2 is 1.90 bits per heavy atom. The van der Waals surface area contributed by atoms with Crippen LogP contribution in [0.2, 0.25) is 5.15 Å². The van der Waals surface area contributed by atoms with Crippen molar-refractivity contribution >= 4 is 17.5 Å². The SMILES string of the molecule is CC(c1ccc(F)cc1)N(C)C(=O)c1cccc(Cl)n1. The molecule has 3 nitrogen and oxygen atoms in total. The lowest BCUT2D eigenvalue weighted by Crippen LogP contribution is -2.30. The molecule has 20 heavy (non-hydrogen) atoms. The van der Waals surface area contributed by atoms with Gasteiger partial charge in [0.15, 0.2) is 0 Å². The summed E-state index contributed by atoms with van der Waals surface area (Å²) in [6, 6.07) is 10.8. The normalized spacial score (nSPS) is 12.0. The minimum absolute atomic E-state index is 0.191. The zero-order valence-electron chi connectivity index (χ0n) is 11.2. The smallest absolute Gasteiger partial charge is 0.272 e. The largest absolute Gasteiger partial charge is 0.334 e. The molecule has 2 aromatic rings. The van der Waals surface area contributed by atoms with Gasteiger partial charge in [-0.15, -0.1) is 0 Å². The summed E-state index contributed by atoms with van der Waals surface area (Å²) in [6.07, 6.45) is 0. The lowest BCUT2D eigenvalue weighted by Gasteiger charge is -2.25. The van der Waals surface area contributed by atoms with Crippen LogP contribution in [0.25, 0.3) is 0 Å². The fourth-order valence-electron chi connectivity index (χ4n) is 1.85. The highest BCUT2D eigenvalue weighted by atomic mass is 35.5. The van der Waals surface area contributed by atoms with Crippen LogP contribution in [0.3, 0.4) is 0 Å². The first-order valence-electron chi connectivity index (χ1n) is 6.14. The van der Waals surface area contributed by atoms with E-state index in [0.29, 0.717) is 0 Å². The molecular formula is C15H14ClFN2O. The topological polar surface area (TPSA) is 33.2 Å². The molecule has 1 atom stereocenters. The molecule has 1 unspecified atom stereocenters. The fraction of sp³-hybridized carbons (Fsp3) is 0.200. The maximum absolute atomic E-state index is 12.9. The van der Waals surface area contributed by atoms with Crippen LogP contribution in [0.5, 0.6) is 0 Å². The molecule has 0 aliphatic rings. The number of halogens is 2. The van der Waals surface area contributed by atoms with E-state index in [9.17, 15) is 9.18 Å². The Hall–Kier alpha value is -1.94. The van der Waals surface area contributed by atoms with Gasteiger partial charge in [-0.3, -0.25) is 4.79 Å². The van der Waals surface area contributed by atoms with Crippen molar-refractivity contribution in [3.8, 4) is 0 Å². The highest BCUT2D eigenvalue weighted by Gasteiger charge is 2.20. The van der Waals surface area contributed by atoms with Crippen molar-refractivity contribution in [2.24, 2.45) is 0 Å². The lowest BCUT2D eigenvalue weighted by atomic mass is 10.1. The summed E-state index contributed by atoms with van der Waals surface area (Å²) >= 11 is 5.78. The molecule has 0 aliphatic heterocycles. The van der Waals surface area contributed by atoms with E-state index < -0.39 is 0 Å². The summed E-state index contributed by atoms with van der Waals surface area (Å²) in [7, 11) is 1.68. The van der Waals surface area contributed by atoms with E-state index in [4.69, 9.17) is 11.6 Å². The molecule has 1 aromatic heterocycles. The summed E-state index contributed by atoms with van der Waals surface area (Å²) < 4.78 is 12.9. The van der Waals surface area contributed by atoms with E-state index in [1.165, 1.54) is 12.1 Å². The van der Waals surface area contributed by atoms with Gasteiger partial charge in [-0.1, -0.05) is 29.8 Å². The fourth-order valence-corrected chi connectivity index (χ4v) is 2.01. The van der Waals surface area contributed by atoms with Gasteiger partial charge in [-0.05, 0) is 36.8 Å². The van der Waals surface area contributed by atoms with Crippen molar-refractivity contribution in [1.29, 1.82) is 0 Å². The molecule has 104 valence electrons. The van der Waals surface area contributed by atoms with Gasteiger partial charge in [0.05, 0.1) is 6.04 Å². The van der Waals surface area contributed by atoms with Crippen LogP contribution in [0.1, 0.15) is 29.0 Å². The van der Waals surface area contributed by atoms with Gasteiger partial charge in [0.1, 0.15) is 16.7 Å². The molecule has 1 aromatic carbocycles. The molecule has 5 heteroatoms. The van der Waals surface area contributed by atoms with Crippen molar-refractivity contribution in [2.75, 3.05) is 7.05 Å². The van der Waals surface area contributed by atoms with Crippen LogP contribution in [0.4, 0.5) is 4.39 Å². The minimum atomic E-state index is -0.300. The van der Waals surface area contributed by atoms with Gasteiger partial charge in [-0.2, -0.15) is 0 Å². The highest BCUT2D eigenvalue weighted by Crippen LogP contribution is 2.21. The van der Waals surface area contributed by atoms with E-state index in [1.54, 1.807) is 42.3 Å². The molecule has 0 fully saturated rings. The van der Waals surface area contributed by atoms with E-state index in [0.717, 1.165) is 5.56 Å². The van der Waals surface area contributed by atoms with Crippen LogP contribution >= 0.6 is 11.6 Å². The number of amides is 1. The molecule has 0 saturated heterocycles. The van der Waals surface area contributed by atoms with Gasteiger partial charge >= 0.3 is 0 Å². The van der Waals surface area contributed by atoms with E-state index >= 15 is 0 Å². The number of hydrogen-bond donors (Lipinski definition) is 0. The second kappa shape index (κ2) is 6.01. The van der Waals surface area contributed by atoms with Gasteiger partial charge in [0, 0.05) is 7.05 Å². The monoisotopic (exact) mass is 292 g/mol. The number of benzene rings is 1. The zero-order valence-corrected chi connectivity index (χ0v) is 11.9. The van der Waals surface area contributed by atoms with Crippen LogP contribution in [0, 0.1) is 5.82 Å². The van der Waals surface area contributed by atoms with Crippen molar-refractivity contribution < 1.29 is 9.18 Å². The summed E-state index contributed by atoms with van der Waals surface area (Å²) in [5.74, 6) is -0.532. The average Bonchev–Trinajstić information content (AvgIpc) is 2.46. The Kier molecular flexibility index (Phi) is 4.35.